The summed E-state index contributed by atoms with van der Waals surface area (Å²) in [6.45, 7) is -0.0810. The molecule has 0 aromatic carbocycles. The minimum atomic E-state index is -0.487. The normalized spacial score (nSPS) is 8.90. The molecule has 4 heteroatoms. The molecule has 0 saturated carbocycles. The molecule has 10 heavy (non-hydrogen) atoms. The summed E-state index contributed by atoms with van der Waals surface area (Å²) < 4.78 is 17.0. The van der Waals surface area contributed by atoms with Crippen molar-refractivity contribution in [1.29, 1.82) is 0 Å². The van der Waals surface area contributed by atoms with Gasteiger partial charge in [0, 0.05) is 6.07 Å². The van der Waals surface area contributed by atoms with E-state index in [4.69, 9.17) is 0 Å². The molecule has 0 aliphatic carbocycles. The first-order valence-electron chi connectivity index (χ1n) is 2.60. The lowest BCUT2D eigenvalue weighted by atomic mass is 10.4. The molecule has 0 N–H and O–H groups in total. The maximum absolute atomic E-state index is 12.4. The van der Waals surface area contributed by atoms with E-state index < -0.39 is 5.82 Å². The van der Waals surface area contributed by atoms with Crippen LogP contribution >= 0.6 is 0 Å². The standard InChI is InChI=1S/C6H4FNO2/c7-5-1-2-10-6(5)3-8-4-9/h1-2H,3H2. The molecule has 52 valence electrons. The summed E-state index contributed by atoms with van der Waals surface area (Å²) in [5, 5.41) is 0. The lowest BCUT2D eigenvalue weighted by Crippen LogP contribution is -1.79. The second-order valence-electron chi connectivity index (χ2n) is 1.60. The van der Waals surface area contributed by atoms with Crippen LogP contribution in [0.4, 0.5) is 4.39 Å². The molecule has 0 atom stereocenters. The highest BCUT2D eigenvalue weighted by atomic mass is 19.1. The Kier molecular flexibility index (Phi) is 1.97. The number of halogens is 1. The van der Waals surface area contributed by atoms with E-state index in [-0.39, 0.29) is 12.3 Å². The Morgan fingerprint density at radius 1 is 1.80 bits per heavy atom. The van der Waals surface area contributed by atoms with Crippen LogP contribution in [-0.4, -0.2) is 6.08 Å². The fraction of sp³-hybridized carbons (Fsp3) is 0.167. The number of nitrogens with zero attached hydrogens (tertiary/aromatic N) is 1. The minimum absolute atomic E-state index is 0.0587. The van der Waals surface area contributed by atoms with Crippen LogP contribution in [0, 0.1) is 5.82 Å². The molecule has 0 aliphatic heterocycles. The second-order valence-corrected chi connectivity index (χ2v) is 1.60. The molecule has 0 unspecified atom stereocenters. The van der Waals surface area contributed by atoms with Gasteiger partial charge in [0.2, 0.25) is 6.08 Å². The maximum Gasteiger partial charge on any atom is 0.235 e. The molecule has 0 fully saturated rings. The Labute approximate surface area is 56.2 Å². The number of isocyanates is 1. The lowest BCUT2D eigenvalue weighted by Gasteiger charge is -1.84. The molecule has 0 spiro atoms. The highest BCUT2D eigenvalue weighted by molar-refractivity contribution is 5.33. The Bertz CT molecular complexity index is 262. The van der Waals surface area contributed by atoms with Gasteiger partial charge in [-0.05, 0) is 0 Å². The third kappa shape index (κ3) is 1.30. The Hall–Kier alpha value is -1.41. The number of hydrogen-bond donors (Lipinski definition) is 0. The quantitative estimate of drug-likeness (QED) is 0.459. The van der Waals surface area contributed by atoms with E-state index in [1.807, 2.05) is 0 Å². The van der Waals surface area contributed by atoms with Crippen LogP contribution in [0.5, 0.6) is 0 Å². The van der Waals surface area contributed by atoms with E-state index in [2.05, 4.69) is 9.41 Å². The van der Waals surface area contributed by atoms with Crippen molar-refractivity contribution in [2.75, 3.05) is 0 Å². The molecule has 1 aromatic heterocycles. The lowest BCUT2D eigenvalue weighted by molar-refractivity contribution is 0.475. The van der Waals surface area contributed by atoms with Gasteiger partial charge in [-0.3, -0.25) is 0 Å². The summed E-state index contributed by atoms with van der Waals surface area (Å²) in [5.41, 5.74) is 0. The molecule has 0 amide bonds. The van der Waals surface area contributed by atoms with E-state index in [1.165, 1.54) is 12.3 Å². The molecule has 1 heterocycles. The Balaban J connectivity index is 2.74. The minimum Gasteiger partial charge on any atom is -0.464 e. The van der Waals surface area contributed by atoms with Gasteiger partial charge in [-0.2, -0.15) is 4.99 Å². The molecule has 0 bridgehead atoms. The Morgan fingerprint density at radius 3 is 3.10 bits per heavy atom. The van der Waals surface area contributed by atoms with Crippen molar-refractivity contribution in [2.45, 2.75) is 6.54 Å². The molecule has 1 aromatic rings. The van der Waals surface area contributed by atoms with Gasteiger partial charge < -0.3 is 4.42 Å². The highest BCUT2D eigenvalue weighted by Crippen LogP contribution is 2.07. The zero-order valence-electron chi connectivity index (χ0n) is 5.00. The summed E-state index contributed by atoms with van der Waals surface area (Å²) in [5.74, 6) is -0.428. The van der Waals surface area contributed by atoms with Crippen molar-refractivity contribution in [1.82, 2.24) is 0 Å². The summed E-state index contributed by atoms with van der Waals surface area (Å²) in [6.07, 6.45) is 2.48. The largest absolute Gasteiger partial charge is 0.464 e. The van der Waals surface area contributed by atoms with Crippen molar-refractivity contribution >= 4 is 6.08 Å². The van der Waals surface area contributed by atoms with Crippen LogP contribution in [0.25, 0.3) is 0 Å². The molecule has 0 saturated heterocycles. The van der Waals surface area contributed by atoms with Gasteiger partial charge in [-0.15, -0.1) is 0 Å². The SMILES string of the molecule is O=C=NCc1occc1F. The number of aliphatic imine (C=N–C) groups is 1. The first-order chi connectivity index (χ1) is 4.84. The van der Waals surface area contributed by atoms with Gasteiger partial charge >= 0.3 is 0 Å². The van der Waals surface area contributed by atoms with Gasteiger partial charge in [0.1, 0.15) is 6.54 Å². The van der Waals surface area contributed by atoms with Gasteiger partial charge in [-0.25, -0.2) is 9.18 Å². The first-order valence-corrected chi connectivity index (χ1v) is 2.60. The van der Waals surface area contributed by atoms with Crippen molar-refractivity contribution < 1.29 is 13.6 Å². The second kappa shape index (κ2) is 2.94. The van der Waals surface area contributed by atoms with Crippen molar-refractivity contribution in [3.8, 4) is 0 Å². The van der Waals surface area contributed by atoms with Crippen molar-refractivity contribution in [3.05, 3.63) is 23.9 Å². The third-order valence-corrected chi connectivity index (χ3v) is 0.978. The van der Waals surface area contributed by atoms with E-state index in [1.54, 1.807) is 0 Å². The average molecular weight is 141 g/mol. The van der Waals surface area contributed by atoms with Crippen LogP contribution in [0.15, 0.2) is 21.7 Å². The summed E-state index contributed by atoms with van der Waals surface area (Å²) in [4.78, 5) is 12.7. The third-order valence-electron chi connectivity index (χ3n) is 0.978. The predicted octanol–water partition coefficient (Wildman–Crippen LogP) is 1.25. The number of carbonyl (C=O) groups excluding carboxylic acids is 1. The molecule has 0 radical (unpaired) electrons. The van der Waals surface area contributed by atoms with Gasteiger partial charge in [-0.1, -0.05) is 0 Å². The van der Waals surface area contributed by atoms with E-state index >= 15 is 0 Å². The fourth-order valence-electron chi connectivity index (χ4n) is 0.542. The van der Waals surface area contributed by atoms with Gasteiger partial charge in [0.05, 0.1) is 6.26 Å². The molecule has 3 nitrogen and oxygen atoms in total. The fourth-order valence-corrected chi connectivity index (χ4v) is 0.542. The van der Waals surface area contributed by atoms with Crippen molar-refractivity contribution in [3.63, 3.8) is 0 Å². The zero-order valence-corrected chi connectivity index (χ0v) is 5.00. The number of furan rings is 1. The average Bonchev–Trinajstić information content (AvgIpc) is 2.31. The van der Waals surface area contributed by atoms with Gasteiger partial charge in [0.15, 0.2) is 11.6 Å². The van der Waals surface area contributed by atoms with E-state index in [0.717, 1.165) is 6.07 Å². The number of hydrogen-bond acceptors (Lipinski definition) is 3. The summed E-state index contributed by atoms with van der Waals surface area (Å²) >= 11 is 0. The van der Waals surface area contributed by atoms with Crippen LogP contribution in [0.2, 0.25) is 0 Å². The van der Waals surface area contributed by atoms with Gasteiger partial charge in [0.25, 0.3) is 0 Å². The van der Waals surface area contributed by atoms with Crippen molar-refractivity contribution in [2.24, 2.45) is 4.99 Å². The smallest absolute Gasteiger partial charge is 0.235 e. The maximum atomic E-state index is 12.4. The predicted molar refractivity (Wildman–Crippen MR) is 30.5 cm³/mol. The van der Waals surface area contributed by atoms with Crippen LogP contribution in [0.1, 0.15) is 5.76 Å². The van der Waals surface area contributed by atoms with E-state index in [0.29, 0.717) is 0 Å². The van der Waals surface area contributed by atoms with Crippen LogP contribution in [-0.2, 0) is 11.3 Å². The van der Waals surface area contributed by atoms with E-state index in [9.17, 15) is 9.18 Å². The summed E-state index contributed by atoms with van der Waals surface area (Å²) in [7, 11) is 0. The summed E-state index contributed by atoms with van der Waals surface area (Å²) in [6, 6.07) is 1.16. The Morgan fingerprint density at radius 2 is 2.60 bits per heavy atom. The first kappa shape index (κ1) is 6.71. The molecular formula is C6H4FNO2. The zero-order chi connectivity index (χ0) is 7.40. The molecular weight excluding hydrogens is 137 g/mol. The topological polar surface area (TPSA) is 42.6 Å². The van der Waals surface area contributed by atoms with Crippen LogP contribution in [0.3, 0.4) is 0 Å². The highest BCUT2D eigenvalue weighted by Gasteiger charge is 2.02. The number of rotatable bonds is 2. The molecule has 1 rings (SSSR count). The monoisotopic (exact) mass is 141 g/mol. The van der Waals surface area contributed by atoms with Crippen LogP contribution < -0.4 is 0 Å². The molecule has 0 aliphatic rings.